The summed E-state index contributed by atoms with van der Waals surface area (Å²) in [7, 11) is 3.04. The first-order valence-electron chi connectivity index (χ1n) is 10.9. The van der Waals surface area contributed by atoms with E-state index in [1.54, 1.807) is 24.3 Å². The number of nitrogens with two attached hydrogens (primary N) is 1. The summed E-state index contributed by atoms with van der Waals surface area (Å²) in [6.45, 7) is -0.587. The number of rotatable bonds is 7. The van der Waals surface area contributed by atoms with Crippen LogP contribution in [0.4, 0.5) is 0 Å². The van der Waals surface area contributed by atoms with Gasteiger partial charge in [-0.1, -0.05) is 64.1 Å². The second kappa shape index (κ2) is 11.9. The minimum absolute atomic E-state index is 0.0462. The zero-order chi connectivity index (χ0) is 28.4. The number of hydrogen-bond acceptors (Lipinski definition) is 8. The Hall–Kier alpha value is -3.19. The molecule has 1 atom stereocenters. The van der Waals surface area contributed by atoms with E-state index in [4.69, 9.17) is 87.4 Å². The molecule has 0 aliphatic carbocycles. The third-order valence-corrected chi connectivity index (χ3v) is 7.92. The van der Waals surface area contributed by atoms with Gasteiger partial charge in [0.1, 0.15) is 44.7 Å². The molecule has 1 aliphatic rings. The van der Waals surface area contributed by atoms with Gasteiger partial charge in [0.15, 0.2) is 12.4 Å². The molecule has 0 aromatic heterocycles. The summed E-state index contributed by atoms with van der Waals surface area (Å²) in [5.41, 5.74) is 7.50. The maximum absolute atomic E-state index is 12.5. The summed E-state index contributed by atoms with van der Waals surface area (Å²) >= 11 is 30.3. The number of allylic oxidation sites excluding steroid dienone is 1. The highest BCUT2D eigenvalue weighted by Crippen LogP contribution is 2.49. The van der Waals surface area contributed by atoms with E-state index in [1.165, 1.54) is 26.4 Å². The van der Waals surface area contributed by atoms with Crippen molar-refractivity contribution in [3.8, 4) is 34.8 Å². The standard InChI is InChI=1S/C26H17Cl5N2O6/c1-35-11-4-6-16(36-2)14(7-11)19-13-5-3-12(8-17(13)39-26(33)15(19)9-32)38-18(34)10-37-25-23(30)21(28)20(27)22(29)24(25)31/h3-8,19H,10,33H2,1-2H3. The van der Waals surface area contributed by atoms with Crippen LogP contribution in [-0.4, -0.2) is 26.8 Å². The van der Waals surface area contributed by atoms with E-state index in [-0.39, 0.29) is 53.8 Å². The van der Waals surface area contributed by atoms with E-state index in [2.05, 4.69) is 6.07 Å². The fraction of sp³-hybridized carbons (Fsp3) is 0.154. The van der Waals surface area contributed by atoms with E-state index in [0.717, 1.165) is 0 Å². The summed E-state index contributed by atoms with van der Waals surface area (Å²) in [6.07, 6.45) is 0. The van der Waals surface area contributed by atoms with Crippen LogP contribution in [0.5, 0.6) is 28.7 Å². The minimum atomic E-state index is -0.799. The highest BCUT2D eigenvalue weighted by atomic mass is 35.5. The van der Waals surface area contributed by atoms with Gasteiger partial charge in [-0.3, -0.25) is 0 Å². The van der Waals surface area contributed by atoms with Gasteiger partial charge >= 0.3 is 5.97 Å². The van der Waals surface area contributed by atoms with Gasteiger partial charge in [-0.05, 0) is 24.3 Å². The number of esters is 1. The second-order valence-corrected chi connectivity index (χ2v) is 9.78. The lowest BCUT2D eigenvalue weighted by Gasteiger charge is -2.28. The monoisotopic (exact) mass is 628 g/mol. The first kappa shape index (κ1) is 28.8. The molecule has 0 saturated heterocycles. The largest absolute Gasteiger partial charge is 0.497 e. The molecule has 0 spiro atoms. The number of fused-ring (bicyclic) bond motifs is 1. The molecule has 0 radical (unpaired) electrons. The molecule has 0 amide bonds. The van der Waals surface area contributed by atoms with Gasteiger partial charge in [-0.2, -0.15) is 5.26 Å². The average Bonchev–Trinajstić information content (AvgIpc) is 2.93. The number of hydrogen-bond donors (Lipinski definition) is 1. The molecule has 3 aromatic rings. The molecule has 8 nitrogen and oxygen atoms in total. The molecule has 39 heavy (non-hydrogen) atoms. The zero-order valence-corrected chi connectivity index (χ0v) is 23.9. The number of benzene rings is 3. The highest BCUT2D eigenvalue weighted by Gasteiger charge is 2.33. The summed E-state index contributed by atoms with van der Waals surface area (Å²) in [6, 6.07) is 12.0. The Kier molecular flexibility index (Phi) is 8.80. The molecule has 4 rings (SSSR count). The molecule has 1 aliphatic heterocycles. The fourth-order valence-electron chi connectivity index (χ4n) is 3.89. The maximum Gasteiger partial charge on any atom is 0.349 e. The van der Waals surface area contributed by atoms with Crippen molar-refractivity contribution >= 4 is 64.0 Å². The average molecular weight is 631 g/mol. The molecular formula is C26H17Cl5N2O6. The molecular weight excluding hydrogens is 614 g/mol. The van der Waals surface area contributed by atoms with Gasteiger partial charge < -0.3 is 29.4 Å². The normalized spacial score (nSPS) is 14.2. The van der Waals surface area contributed by atoms with Crippen LogP contribution < -0.4 is 29.4 Å². The molecule has 202 valence electrons. The Morgan fingerprint density at radius 1 is 0.923 bits per heavy atom. The van der Waals surface area contributed by atoms with Gasteiger partial charge in [0.25, 0.3) is 0 Å². The highest BCUT2D eigenvalue weighted by molar-refractivity contribution is 6.55. The van der Waals surface area contributed by atoms with Gasteiger partial charge in [0, 0.05) is 17.2 Å². The second-order valence-electron chi connectivity index (χ2n) is 7.89. The quantitative estimate of drug-likeness (QED) is 0.127. The molecule has 0 fully saturated rings. The van der Waals surface area contributed by atoms with Crippen LogP contribution >= 0.6 is 58.0 Å². The van der Waals surface area contributed by atoms with Crippen molar-refractivity contribution in [1.82, 2.24) is 0 Å². The number of nitriles is 1. The SMILES string of the molecule is COc1ccc(OC)c(C2C(C#N)=C(N)Oc3cc(OC(=O)COc4c(Cl)c(Cl)c(Cl)c(Cl)c4Cl)ccc32)c1. The van der Waals surface area contributed by atoms with Crippen molar-refractivity contribution in [2.24, 2.45) is 5.73 Å². The number of halogens is 5. The van der Waals surface area contributed by atoms with Crippen molar-refractivity contribution in [3.05, 3.63) is 84.1 Å². The van der Waals surface area contributed by atoms with Crippen LogP contribution in [-0.2, 0) is 4.79 Å². The van der Waals surface area contributed by atoms with Crippen molar-refractivity contribution in [3.63, 3.8) is 0 Å². The third-order valence-electron chi connectivity index (χ3n) is 5.67. The summed E-state index contributed by atoms with van der Waals surface area (Å²) in [5.74, 6) is -0.197. The fourth-order valence-corrected chi connectivity index (χ4v) is 5.12. The Bertz CT molecular complexity index is 1520. The van der Waals surface area contributed by atoms with E-state index < -0.39 is 18.5 Å². The first-order chi connectivity index (χ1) is 18.6. The summed E-state index contributed by atoms with van der Waals surface area (Å²) in [4.78, 5) is 12.5. The van der Waals surface area contributed by atoms with Crippen molar-refractivity contribution < 1.29 is 28.5 Å². The topological polar surface area (TPSA) is 113 Å². The van der Waals surface area contributed by atoms with Crippen LogP contribution in [0.3, 0.4) is 0 Å². The molecule has 0 bridgehead atoms. The third kappa shape index (κ3) is 5.60. The van der Waals surface area contributed by atoms with Crippen LogP contribution in [0.15, 0.2) is 47.9 Å². The zero-order valence-electron chi connectivity index (χ0n) is 20.1. The van der Waals surface area contributed by atoms with Crippen LogP contribution in [0, 0.1) is 11.3 Å². The van der Waals surface area contributed by atoms with Crippen LogP contribution in [0.1, 0.15) is 17.0 Å². The Balaban J connectivity index is 1.61. The Morgan fingerprint density at radius 2 is 1.56 bits per heavy atom. The number of methoxy groups -OCH3 is 2. The lowest BCUT2D eigenvalue weighted by atomic mass is 9.83. The van der Waals surface area contributed by atoms with E-state index in [1.807, 2.05) is 0 Å². The number of nitrogens with zero attached hydrogens (tertiary/aromatic N) is 1. The van der Waals surface area contributed by atoms with Crippen molar-refractivity contribution in [2.75, 3.05) is 20.8 Å². The van der Waals surface area contributed by atoms with Gasteiger partial charge in [-0.15, -0.1) is 0 Å². The van der Waals surface area contributed by atoms with Crippen LogP contribution in [0.2, 0.25) is 25.1 Å². The van der Waals surface area contributed by atoms with Gasteiger partial charge in [0.2, 0.25) is 5.88 Å². The van der Waals surface area contributed by atoms with Gasteiger partial charge in [0.05, 0.1) is 35.2 Å². The number of ether oxygens (including phenoxy) is 5. The number of carbonyl (C=O) groups is 1. The van der Waals surface area contributed by atoms with E-state index in [9.17, 15) is 10.1 Å². The molecule has 1 unspecified atom stereocenters. The minimum Gasteiger partial charge on any atom is -0.497 e. The first-order valence-corrected chi connectivity index (χ1v) is 12.8. The van der Waals surface area contributed by atoms with E-state index >= 15 is 0 Å². The molecule has 0 saturated carbocycles. The smallest absolute Gasteiger partial charge is 0.349 e. The Labute approximate surface area is 248 Å². The lowest BCUT2D eigenvalue weighted by molar-refractivity contribution is -0.136. The predicted molar refractivity (Wildman–Crippen MR) is 148 cm³/mol. The summed E-state index contributed by atoms with van der Waals surface area (Å²) < 4.78 is 27.4. The maximum atomic E-state index is 12.5. The number of carbonyl (C=O) groups excluding carboxylic acids is 1. The van der Waals surface area contributed by atoms with Crippen molar-refractivity contribution in [2.45, 2.75) is 5.92 Å². The van der Waals surface area contributed by atoms with Crippen molar-refractivity contribution in [1.29, 1.82) is 5.26 Å². The molecule has 1 heterocycles. The van der Waals surface area contributed by atoms with Crippen LogP contribution in [0.25, 0.3) is 0 Å². The Morgan fingerprint density at radius 3 is 2.18 bits per heavy atom. The van der Waals surface area contributed by atoms with E-state index in [0.29, 0.717) is 22.6 Å². The molecule has 3 aromatic carbocycles. The predicted octanol–water partition coefficient (Wildman–Crippen LogP) is 7.17. The van der Waals surface area contributed by atoms with Gasteiger partial charge in [-0.25, -0.2) is 4.79 Å². The molecule has 13 heteroatoms. The molecule has 2 N–H and O–H groups in total. The lowest BCUT2D eigenvalue weighted by Crippen LogP contribution is -2.22. The summed E-state index contributed by atoms with van der Waals surface area (Å²) in [5, 5.41) is 9.44.